The maximum Gasteiger partial charge on any atom is 0.143 e. The van der Waals surface area contributed by atoms with Gasteiger partial charge in [0.25, 0.3) is 0 Å². The highest BCUT2D eigenvalue weighted by atomic mass is 32.1. The number of allylic oxidation sites excluding steroid dienone is 6. The number of hydrogen-bond acceptors (Lipinski definition) is 3. The molecule has 2 heterocycles. The third kappa shape index (κ3) is 7.15. The fourth-order valence-electron chi connectivity index (χ4n) is 11.5. The van der Waals surface area contributed by atoms with Gasteiger partial charge in [0.2, 0.25) is 0 Å². The molecule has 0 amide bonds. The Morgan fingerprint density at radius 1 is 0.479 bits per heavy atom. The molecule has 336 valence electrons. The van der Waals surface area contributed by atoms with E-state index in [1.807, 2.05) is 11.3 Å². The van der Waals surface area contributed by atoms with E-state index in [0.29, 0.717) is 0 Å². The van der Waals surface area contributed by atoms with Gasteiger partial charge in [-0.05, 0) is 134 Å². The van der Waals surface area contributed by atoms with Crippen molar-refractivity contribution in [1.82, 2.24) is 0 Å². The van der Waals surface area contributed by atoms with Crippen molar-refractivity contribution >= 4 is 97.5 Å². The minimum atomic E-state index is 0.0620. The molecular weight excluding hydrogens is 879 g/mol. The first-order chi connectivity index (χ1) is 35.2. The summed E-state index contributed by atoms with van der Waals surface area (Å²) < 4.78 is 9.35. The Balaban J connectivity index is 0.864. The largest absolute Gasteiger partial charge is 0.455 e. The lowest BCUT2D eigenvalue weighted by atomic mass is 9.86. The lowest BCUT2D eigenvalue weighted by Crippen LogP contribution is -2.30. The van der Waals surface area contributed by atoms with E-state index in [1.54, 1.807) is 0 Å². The maximum atomic E-state index is 6.68. The summed E-state index contributed by atoms with van der Waals surface area (Å²) in [5.41, 5.74) is 16.7. The molecule has 0 aliphatic heterocycles. The molecule has 0 spiro atoms. The van der Waals surface area contributed by atoms with E-state index in [2.05, 4.69) is 248 Å². The molecule has 10 aromatic carbocycles. The van der Waals surface area contributed by atoms with Crippen molar-refractivity contribution in [3.05, 3.63) is 254 Å². The minimum Gasteiger partial charge on any atom is -0.455 e. The smallest absolute Gasteiger partial charge is 0.143 e. The Labute approximate surface area is 417 Å². The summed E-state index contributed by atoms with van der Waals surface area (Å²) in [6.45, 7) is 0. The third-order valence-corrected chi connectivity index (χ3v) is 16.1. The molecule has 12 aromatic rings. The van der Waals surface area contributed by atoms with Crippen molar-refractivity contribution in [3.8, 4) is 33.4 Å². The number of fused-ring (bicyclic) bond motifs is 10. The second kappa shape index (κ2) is 17.2. The number of hydrogen-bond donors (Lipinski definition) is 0. The van der Waals surface area contributed by atoms with Crippen LogP contribution in [0.2, 0.25) is 0 Å². The van der Waals surface area contributed by atoms with E-state index >= 15 is 0 Å². The molecule has 2 aromatic heterocycles. The van der Waals surface area contributed by atoms with Crippen LogP contribution in [-0.4, -0.2) is 6.04 Å². The first-order valence-corrected chi connectivity index (χ1v) is 25.6. The van der Waals surface area contributed by atoms with E-state index in [-0.39, 0.29) is 6.04 Å². The zero-order chi connectivity index (χ0) is 46.8. The zero-order valence-electron chi connectivity index (χ0n) is 39.1. The van der Waals surface area contributed by atoms with Crippen LogP contribution in [0.25, 0.3) is 108 Å². The van der Waals surface area contributed by atoms with Crippen LogP contribution >= 0.6 is 11.3 Å². The van der Waals surface area contributed by atoms with Crippen LogP contribution in [0.3, 0.4) is 0 Å². The van der Waals surface area contributed by atoms with Gasteiger partial charge in [-0.25, -0.2) is 0 Å². The SMILES string of the molecule is C1=CC(N(c2ccc(-c3cc4c(oc5ccc6ccccc6c54)c4ccccc34)cc2)c2cccc(-c3ccc(-c4cccc5c4sc4ccccc45)cc3)c2)CC(c2ccccc2C2=CCCC=C2)=C1. The number of rotatable bonds is 8. The van der Waals surface area contributed by atoms with Gasteiger partial charge in [0, 0.05) is 47.7 Å². The molecule has 2 aliphatic rings. The summed E-state index contributed by atoms with van der Waals surface area (Å²) in [5, 5.41) is 9.69. The van der Waals surface area contributed by atoms with E-state index in [9.17, 15) is 0 Å². The molecule has 3 heteroatoms. The molecule has 0 N–H and O–H groups in total. The summed E-state index contributed by atoms with van der Waals surface area (Å²) in [7, 11) is 0. The Morgan fingerprint density at radius 3 is 2.04 bits per heavy atom. The van der Waals surface area contributed by atoms with Crippen LogP contribution in [0.15, 0.2) is 247 Å². The van der Waals surface area contributed by atoms with Gasteiger partial charge in [0.1, 0.15) is 11.2 Å². The van der Waals surface area contributed by atoms with Gasteiger partial charge >= 0.3 is 0 Å². The van der Waals surface area contributed by atoms with Gasteiger partial charge in [0.15, 0.2) is 0 Å². The predicted molar refractivity (Wildman–Crippen MR) is 305 cm³/mol. The standard InChI is InChI=1S/C68H47NOS/c1-2-15-45(16-3-1)54-22-6-7-23-55(54)50-19-13-21-53(42-50)69(52-20-12-18-49(41-52)44-31-33-47(34-32-44)57-28-14-29-61-59-26-10-11-30-65(59)71-68(57)61)51-38-35-48(36-39-51)62-43-63-66-56-24-5-4-17-46(56)37-40-64(66)70-67(63)60-27-9-8-25-58(60)62/h2,4-41,43,53H,1,3,42H2. The van der Waals surface area contributed by atoms with Gasteiger partial charge in [-0.3, -0.25) is 0 Å². The molecule has 2 aliphatic carbocycles. The Bertz CT molecular complexity index is 4200. The molecule has 0 saturated heterocycles. The fourth-order valence-corrected chi connectivity index (χ4v) is 12.7. The van der Waals surface area contributed by atoms with Gasteiger partial charge < -0.3 is 9.32 Å². The molecule has 1 atom stereocenters. The van der Waals surface area contributed by atoms with Crippen molar-refractivity contribution in [2.45, 2.75) is 25.3 Å². The van der Waals surface area contributed by atoms with Gasteiger partial charge in [0.05, 0.1) is 6.04 Å². The summed E-state index contributed by atoms with van der Waals surface area (Å²) in [5.74, 6) is 0. The van der Waals surface area contributed by atoms with E-state index in [4.69, 9.17) is 4.42 Å². The molecule has 0 saturated carbocycles. The van der Waals surface area contributed by atoms with E-state index in [0.717, 1.165) is 52.6 Å². The number of furan rings is 1. The van der Waals surface area contributed by atoms with Gasteiger partial charge in [-0.15, -0.1) is 11.3 Å². The number of nitrogens with zero attached hydrogens (tertiary/aromatic N) is 1. The normalized spacial score (nSPS) is 14.8. The van der Waals surface area contributed by atoms with Crippen LogP contribution in [-0.2, 0) is 0 Å². The molecule has 0 radical (unpaired) electrons. The highest BCUT2D eigenvalue weighted by molar-refractivity contribution is 7.26. The van der Waals surface area contributed by atoms with Crippen molar-refractivity contribution in [1.29, 1.82) is 0 Å². The average molecular weight is 926 g/mol. The first-order valence-electron chi connectivity index (χ1n) is 24.8. The van der Waals surface area contributed by atoms with Crippen LogP contribution < -0.4 is 4.90 Å². The average Bonchev–Trinajstić information content (AvgIpc) is 4.03. The molecule has 0 fully saturated rings. The topological polar surface area (TPSA) is 16.4 Å². The maximum absolute atomic E-state index is 6.68. The van der Waals surface area contributed by atoms with Gasteiger partial charge in [-0.1, -0.05) is 200 Å². The second-order valence-corrected chi connectivity index (χ2v) is 20.0. The minimum absolute atomic E-state index is 0.0620. The molecule has 1 unspecified atom stereocenters. The number of thiophene rings is 1. The fraction of sp³-hybridized carbons (Fsp3) is 0.0588. The van der Waals surface area contributed by atoms with Crippen molar-refractivity contribution < 1.29 is 4.42 Å². The molecular formula is C68H47NOS. The lowest BCUT2D eigenvalue weighted by molar-refractivity contribution is 0.673. The Morgan fingerprint density at radius 2 is 1.18 bits per heavy atom. The highest BCUT2D eigenvalue weighted by Gasteiger charge is 2.25. The number of benzene rings is 10. The monoisotopic (exact) mass is 925 g/mol. The van der Waals surface area contributed by atoms with Crippen molar-refractivity contribution in [2.24, 2.45) is 0 Å². The second-order valence-electron chi connectivity index (χ2n) is 19.0. The molecule has 71 heavy (non-hydrogen) atoms. The summed E-state index contributed by atoms with van der Waals surface area (Å²) >= 11 is 1.88. The van der Waals surface area contributed by atoms with Crippen molar-refractivity contribution in [2.75, 3.05) is 4.90 Å². The van der Waals surface area contributed by atoms with Crippen LogP contribution in [0.5, 0.6) is 0 Å². The van der Waals surface area contributed by atoms with Gasteiger partial charge in [-0.2, -0.15) is 0 Å². The molecule has 2 nitrogen and oxygen atoms in total. The predicted octanol–water partition coefficient (Wildman–Crippen LogP) is 19.5. The quantitative estimate of drug-likeness (QED) is 0.151. The van der Waals surface area contributed by atoms with Crippen LogP contribution in [0, 0.1) is 0 Å². The van der Waals surface area contributed by atoms with E-state index in [1.165, 1.54) is 97.4 Å². The van der Waals surface area contributed by atoms with Crippen molar-refractivity contribution in [3.63, 3.8) is 0 Å². The zero-order valence-corrected chi connectivity index (χ0v) is 39.9. The Kier molecular flexibility index (Phi) is 10.0. The third-order valence-electron chi connectivity index (χ3n) is 14.9. The summed E-state index contributed by atoms with van der Waals surface area (Å²) in [4.78, 5) is 2.55. The lowest BCUT2D eigenvalue weighted by Gasteiger charge is -2.35. The first kappa shape index (κ1) is 41.5. The Hall–Kier alpha value is -8.50. The molecule has 0 bridgehead atoms. The molecule has 14 rings (SSSR count). The number of anilines is 2. The van der Waals surface area contributed by atoms with Crippen LogP contribution in [0.4, 0.5) is 11.4 Å². The summed E-state index contributed by atoms with van der Waals surface area (Å²) in [6.07, 6.45) is 17.0. The van der Waals surface area contributed by atoms with Crippen LogP contribution in [0.1, 0.15) is 30.4 Å². The summed E-state index contributed by atoms with van der Waals surface area (Å²) in [6, 6.07) is 76.0. The van der Waals surface area contributed by atoms with E-state index < -0.39 is 0 Å². The highest BCUT2D eigenvalue weighted by Crippen LogP contribution is 2.45.